The predicted octanol–water partition coefficient (Wildman–Crippen LogP) is 3.61. The van der Waals surface area contributed by atoms with Gasteiger partial charge in [0.15, 0.2) is 0 Å². The van der Waals surface area contributed by atoms with E-state index < -0.39 is 0 Å². The Kier molecular flexibility index (Phi) is 7.29. The molecule has 0 fully saturated rings. The van der Waals surface area contributed by atoms with Gasteiger partial charge in [-0.1, -0.05) is 49.4 Å². The van der Waals surface area contributed by atoms with E-state index in [1.165, 1.54) is 5.56 Å². The fourth-order valence-corrected chi connectivity index (χ4v) is 2.73. The van der Waals surface area contributed by atoms with Gasteiger partial charge in [-0.15, -0.1) is 0 Å². The Balaban J connectivity index is 2.05. The predicted molar refractivity (Wildman–Crippen MR) is 103 cm³/mol. The maximum absolute atomic E-state index is 12.3. The van der Waals surface area contributed by atoms with Crippen molar-refractivity contribution in [2.75, 3.05) is 23.9 Å². The molecule has 3 N–H and O–H groups in total. The minimum atomic E-state index is -0.249. The quantitative estimate of drug-likeness (QED) is 0.687. The number of benzene rings is 2. The van der Waals surface area contributed by atoms with Crippen molar-refractivity contribution in [2.24, 2.45) is 0 Å². The number of anilines is 2. The second kappa shape index (κ2) is 9.69. The van der Waals surface area contributed by atoms with Crippen LogP contribution in [-0.4, -0.2) is 30.8 Å². The van der Waals surface area contributed by atoms with Crippen LogP contribution >= 0.6 is 0 Å². The highest BCUT2D eigenvalue weighted by atomic mass is 16.3. The maximum Gasteiger partial charge on any atom is 0.319 e. The van der Waals surface area contributed by atoms with Gasteiger partial charge in [-0.25, -0.2) is 4.79 Å². The number of aliphatic hydroxyl groups is 1. The van der Waals surface area contributed by atoms with Crippen molar-refractivity contribution in [3.63, 3.8) is 0 Å². The molecule has 0 saturated heterocycles. The second-order valence-electron chi connectivity index (χ2n) is 6.07. The third kappa shape index (κ3) is 5.80. The molecular weight excluding hydrogens is 314 g/mol. The van der Waals surface area contributed by atoms with Crippen molar-refractivity contribution in [2.45, 2.75) is 32.4 Å². The number of hydrogen-bond acceptors (Lipinski definition) is 3. The molecule has 0 aliphatic rings. The molecule has 5 heteroatoms. The van der Waals surface area contributed by atoms with E-state index in [1.807, 2.05) is 56.4 Å². The molecule has 0 aromatic heterocycles. The topological polar surface area (TPSA) is 64.6 Å². The van der Waals surface area contributed by atoms with Crippen molar-refractivity contribution >= 4 is 17.4 Å². The highest BCUT2D eigenvalue weighted by molar-refractivity contribution is 5.93. The lowest BCUT2D eigenvalue weighted by Gasteiger charge is -2.23. The van der Waals surface area contributed by atoms with Crippen LogP contribution in [0.25, 0.3) is 0 Å². The molecule has 2 aromatic carbocycles. The Morgan fingerprint density at radius 1 is 1.12 bits per heavy atom. The van der Waals surface area contributed by atoms with Crippen LogP contribution in [0.3, 0.4) is 0 Å². The van der Waals surface area contributed by atoms with Crippen molar-refractivity contribution in [3.8, 4) is 0 Å². The normalized spacial score (nSPS) is 11.6. The number of carbonyl (C=O) groups excluding carboxylic acids is 1. The molecule has 2 aromatic rings. The Hall–Kier alpha value is -2.53. The second-order valence-corrected chi connectivity index (χ2v) is 6.07. The van der Waals surface area contributed by atoms with Crippen molar-refractivity contribution in [1.29, 1.82) is 0 Å². The monoisotopic (exact) mass is 341 g/mol. The minimum absolute atomic E-state index is 0.0285. The molecule has 0 aliphatic heterocycles. The standard InChI is InChI=1S/C20H27N3O2/c1-3-17(13-14-24)21-20(25)22-18-11-7-8-12-19(18)23(2)15-16-9-5-4-6-10-16/h4-12,17,24H,3,13-15H2,1-2H3,(H2,21,22,25). The molecule has 0 spiro atoms. The molecule has 5 nitrogen and oxygen atoms in total. The van der Waals surface area contributed by atoms with Gasteiger partial charge in [0.2, 0.25) is 0 Å². The molecule has 2 rings (SSSR count). The lowest BCUT2D eigenvalue weighted by molar-refractivity contribution is 0.237. The van der Waals surface area contributed by atoms with Crippen molar-refractivity contribution in [3.05, 3.63) is 60.2 Å². The minimum Gasteiger partial charge on any atom is -0.396 e. The number of urea groups is 1. The van der Waals surface area contributed by atoms with Crippen LogP contribution in [0.4, 0.5) is 16.2 Å². The van der Waals surface area contributed by atoms with Crippen molar-refractivity contribution < 1.29 is 9.90 Å². The average Bonchev–Trinajstić information content (AvgIpc) is 2.62. The molecule has 0 aliphatic carbocycles. The zero-order chi connectivity index (χ0) is 18.1. The van der Waals surface area contributed by atoms with Crippen LogP contribution < -0.4 is 15.5 Å². The van der Waals surface area contributed by atoms with Gasteiger partial charge in [-0.05, 0) is 30.5 Å². The van der Waals surface area contributed by atoms with Crippen LogP contribution in [0, 0.1) is 0 Å². The largest absolute Gasteiger partial charge is 0.396 e. The molecule has 2 amide bonds. The number of para-hydroxylation sites is 2. The molecule has 25 heavy (non-hydrogen) atoms. The maximum atomic E-state index is 12.3. The fraction of sp³-hybridized carbons (Fsp3) is 0.350. The summed E-state index contributed by atoms with van der Waals surface area (Å²) in [6, 6.07) is 17.7. The van der Waals surface area contributed by atoms with Gasteiger partial charge >= 0.3 is 6.03 Å². The van der Waals surface area contributed by atoms with E-state index in [4.69, 9.17) is 5.11 Å². The third-order valence-corrected chi connectivity index (χ3v) is 4.13. The van der Waals surface area contributed by atoms with E-state index in [-0.39, 0.29) is 18.7 Å². The Morgan fingerprint density at radius 2 is 1.80 bits per heavy atom. The summed E-state index contributed by atoms with van der Waals surface area (Å²) in [7, 11) is 2.01. The lowest BCUT2D eigenvalue weighted by Crippen LogP contribution is -2.38. The first-order chi connectivity index (χ1) is 12.1. The van der Waals surface area contributed by atoms with E-state index in [0.29, 0.717) is 6.42 Å². The van der Waals surface area contributed by atoms with Crippen LogP contribution in [0.5, 0.6) is 0 Å². The van der Waals surface area contributed by atoms with Crippen molar-refractivity contribution in [1.82, 2.24) is 5.32 Å². The van der Waals surface area contributed by atoms with Crippen LogP contribution in [0.15, 0.2) is 54.6 Å². The summed E-state index contributed by atoms with van der Waals surface area (Å²) < 4.78 is 0. The number of nitrogens with zero attached hydrogens (tertiary/aromatic N) is 1. The SMILES string of the molecule is CCC(CCO)NC(=O)Nc1ccccc1N(C)Cc1ccccc1. The Bertz CT molecular complexity index is 661. The van der Waals surface area contributed by atoms with E-state index in [9.17, 15) is 4.79 Å². The zero-order valence-corrected chi connectivity index (χ0v) is 14.9. The molecule has 1 unspecified atom stereocenters. The lowest BCUT2D eigenvalue weighted by atomic mass is 10.1. The average molecular weight is 341 g/mol. The molecule has 0 radical (unpaired) electrons. The summed E-state index contributed by atoms with van der Waals surface area (Å²) in [6.07, 6.45) is 1.34. The third-order valence-electron chi connectivity index (χ3n) is 4.13. The summed E-state index contributed by atoms with van der Waals surface area (Å²) >= 11 is 0. The van der Waals surface area contributed by atoms with Gasteiger partial charge < -0.3 is 20.6 Å². The van der Waals surface area contributed by atoms with Gasteiger partial charge in [-0.3, -0.25) is 0 Å². The molecular formula is C20H27N3O2. The Labute approximate surface area is 149 Å². The van der Waals surface area contributed by atoms with Gasteiger partial charge in [0, 0.05) is 26.2 Å². The summed E-state index contributed by atoms with van der Waals surface area (Å²) in [6.45, 7) is 2.81. The van der Waals surface area contributed by atoms with Gasteiger partial charge in [0.05, 0.1) is 11.4 Å². The Morgan fingerprint density at radius 3 is 2.48 bits per heavy atom. The summed E-state index contributed by atoms with van der Waals surface area (Å²) in [5.74, 6) is 0. The highest BCUT2D eigenvalue weighted by Gasteiger charge is 2.13. The summed E-state index contributed by atoms with van der Waals surface area (Å²) in [4.78, 5) is 14.4. The molecule has 0 heterocycles. The van der Waals surface area contributed by atoms with E-state index in [0.717, 1.165) is 24.3 Å². The zero-order valence-electron chi connectivity index (χ0n) is 14.9. The first-order valence-electron chi connectivity index (χ1n) is 8.66. The number of aliphatic hydroxyl groups excluding tert-OH is 1. The van der Waals surface area contributed by atoms with E-state index >= 15 is 0 Å². The molecule has 0 saturated carbocycles. The highest BCUT2D eigenvalue weighted by Crippen LogP contribution is 2.25. The first-order valence-corrected chi connectivity index (χ1v) is 8.66. The number of carbonyl (C=O) groups is 1. The number of amides is 2. The summed E-state index contributed by atoms with van der Waals surface area (Å²) in [5, 5.41) is 14.9. The molecule has 1 atom stereocenters. The first kappa shape index (κ1) is 18.8. The smallest absolute Gasteiger partial charge is 0.319 e. The van der Waals surface area contributed by atoms with E-state index in [1.54, 1.807) is 0 Å². The van der Waals surface area contributed by atoms with E-state index in [2.05, 4.69) is 27.7 Å². The fourth-order valence-electron chi connectivity index (χ4n) is 2.73. The number of hydrogen-bond donors (Lipinski definition) is 3. The molecule has 0 bridgehead atoms. The molecule has 134 valence electrons. The van der Waals surface area contributed by atoms with Gasteiger partial charge in [0.1, 0.15) is 0 Å². The van der Waals surface area contributed by atoms with Crippen LogP contribution in [0.1, 0.15) is 25.3 Å². The number of nitrogens with one attached hydrogen (secondary N) is 2. The van der Waals surface area contributed by atoms with Crippen LogP contribution in [-0.2, 0) is 6.54 Å². The van der Waals surface area contributed by atoms with Crippen LogP contribution in [0.2, 0.25) is 0 Å². The number of rotatable bonds is 8. The van der Waals surface area contributed by atoms with Gasteiger partial charge in [-0.2, -0.15) is 0 Å². The van der Waals surface area contributed by atoms with Gasteiger partial charge in [0.25, 0.3) is 0 Å². The summed E-state index contributed by atoms with van der Waals surface area (Å²) in [5.41, 5.74) is 2.92.